The maximum absolute atomic E-state index is 9.26. The molecule has 1 aliphatic carbocycles. The smallest absolute Gasteiger partial charge is 0.224 e. The molecule has 0 spiro atoms. The largest absolute Gasteiger partial charge is 0.396 e. The van der Waals surface area contributed by atoms with Crippen molar-refractivity contribution in [3.8, 4) is 0 Å². The first-order valence-electron chi connectivity index (χ1n) is 6.11. The molecule has 94 valence electrons. The predicted octanol–water partition coefficient (Wildman–Crippen LogP) is 1.40. The van der Waals surface area contributed by atoms with Gasteiger partial charge in [-0.25, -0.2) is 4.98 Å². The number of rotatable bonds is 6. The van der Waals surface area contributed by atoms with Crippen molar-refractivity contribution in [2.24, 2.45) is 5.41 Å². The van der Waals surface area contributed by atoms with Crippen molar-refractivity contribution in [2.45, 2.75) is 26.7 Å². The summed E-state index contributed by atoms with van der Waals surface area (Å²) in [6.07, 6.45) is 4.01. The normalized spacial score (nSPS) is 16.6. The molecular formula is C12H20N4O. The fraction of sp³-hybridized carbons (Fsp3) is 0.667. The number of aryl methyl sites for hydroxylation is 1. The second-order valence-electron chi connectivity index (χ2n) is 4.77. The summed E-state index contributed by atoms with van der Waals surface area (Å²) >= 11 is 0. The Kier molecular flexibility index (Phi) is 3.47. The number of aliphatic hydroxyl groups is 1. The summed E-state index contributed by atoms with van der Waals surface area (Å²) in [4.78, 5) is 8.61. The first-order chi connectivity index (χ1) is 8.19. The molecule has 3 N–H and O–H groups in total. The quantitative estimate of drug-likeness (QED) is 0.696. The third-order valence-electron chi connectivity index (χ3n) is 3.23. The van der Waals surface area contributed by atoms with Crippen LogP contribution in [0.5, 0.6) is 0 Å². The molecule has 0 unspecified atom stereocenters. The van der Waals surface area contributed by atoms with Crippen LogP contribution in [0.2, 0.25) is 0 Å². The summed E-state index contributed by atoms with van der Waals surface area (Å²) in [5.41, 5.74) is 1.12. The molecule has 1 aromatic rings. The lowest BCUT2D eigenvalue weighted by Crippen LogP contribution is -2.20. The number of hydrogen-bond acceptors (Lipinski definition) is 5. The van der Waals surface area contributed by atoms with Gasteiger partial charge in [-0.2, -0.15) is 4.98 Å². The minimum absolute atomic E-state index is 0.0930. The highest BCUT2D eigenvalue weighted by Gasteiger charge is 2.41. The van der Waals surface area contributed by atoms with Crippen LogP contribution < -0.4 is 10.6 Å². The van der Waals surface area contributed by atoms with E-state index >= 15 is 0 Å². The van der Waals surface area contributed by atoms with Crippen LogP contribution in [-0.2, 0) is 0 Å². The Balaban J connectivity index is 2.01. The van der Waals surface area contributed by atoms with E-state index in [1.54, 1.807) is 0 Å². The van der Waals surface area contributed by atoms with Gasteiger partial charge in [-0.15, -0.1) is 0 Å². The van der Waals surface area contributed by atoms with Gasteiger partial charge >= 0.3 is 0 Å². The Morgan fingerprint density at radius 1 is 1.41 bits per heavy atom. The number of nitrogens with one attached hydrogen (secondary N) is 2. The summed E-state index contributed by atoms with van der Waals surface area (Å²) in [6, 6.07) is 0. The van der Waals surface area contributed by atoms with E-state index in [0.717, 1.165) is 37.3 Å². The highest BCUT2D eigenvalue weighted by atomic mass is 16.3. The molecule has 1 heterocycles. The van der Waals surface area contributed by atoms with Gasteiger partial charge in [-0.1, -0.05) is 0 Å². The molecule has 0 atom stereocenters. The van der Waals surface area contributed by atoms with Crippen molar-refractivity contribution in [1.29, 1.82) is 0 Å². The highest BCUT2D eigenvalue weighted by Crippen LogP contribution is 2.44. The van der Waals surface area contributed by atoms with E-state index < -0.39 is 0 Å². The Bertz CT molecular complexity index is 390. The monoisotopic (exact) mass is 236 g/mol. The standard InChI is InChI=1S/C12H20N4O/c1-3-13-11-14-6-9(2)10(16-11)15-7-12(8-17)4-5-12/h6,17H,3-5,7-8H2,1-2H3,(H2,13,14,15,16). The van der Waals surface area contributed by atoms with E-state index in [-0.39, 0.29) is 12.0 Å². The molecule has 0 aromatic carbocycles. The summed E-state index contributed by atoms with van der Waals surface area (Å²) in [7, 11) is 0. The van der Waals surface area contributed by atoms with E-state index in [1.165, 1.54) is 0 Å². The molecule has 1 aliphatic rings. The molecule has 1 saturated carbocycles. The van der Waals surface area contributed by atoms with Gasteiger partial charge in [0.15, 0.2) is 0 Å². The summed E-state index contributed by atoms with van der Waals surface area (Å²) < 4.78 is 0. The fourth-order valence-electron chi connectivity index (χ4n) is 1.70. The summed E-state index contributed by atoms with van der Waals surface area (Å²) in [5, 5.41) is 15.7. The van der Waals surface area contributed by atoms with E-state index in [2.05, 4.69) is 20.6 Å². The third-order valence-corrected chi connectivity index (χ3v) is 3.23. The lowest BCUT2D eigenvalue weighted by molar-refractivity contribution is 0.219. The van der Waals surface area contributed by atoms with Crippen LogP contribution in [-0.4, -0.2) is 34.8 Å². The molecule has 1 aromatic heterocycles. The van der Waals surface area contributed by atoms with Gasteiger partial charge in [0.25, 0.3) is 0 Å². The number of aromatic nitrogens is 2. The zero-order valence-electron chi connectivity index (χ0n) is 10.5. The second-order valence-corrected chi connectivity index (χ2v) is 4.77. The molecule has 0 amide bonds. The number of aliphatic hydroxyl groups excluding tert-OH is 1. The van der Waals surface area contributed by atoms with Crippen molar-refractivity contribution >= 4 is 11.8 Å². The van der Waals surface area contributed by atoms with Crippen LogP contribution in [0.1, 0.15) is 25.3 Å². The maximum atomic E-state index is 9.26. The van der Waals surface area contributed by atoms with Crippen LogP contribution in [0.25, 0.3) is 0 Å². The number of anilines is 2. The van der Waals surface area contributed by atoms with Gasteiger partial charge in [0.05, 0.1) is 6.61 Å². The van der Waals surface area contributed by atoms with Gasteiger partial charge < -0.3 is 15.7 Å². The summed E-state index contributed by atoms with van der Waals surface area (Å²) in [5.74, 6) is 1.50. The molecular weight excluding hydrogens is 216 g/mol. The maximum Gasteiger partial charge on any atom is 0.224 e. The van der Waals surface area contributed by atoms with Gasteiger partial charge in [0.2, 0.25) is 5.95 Å². The Morgan fingerprint density at radius 3 is 2.76 bits per heavy atom. The minimum atomic E-state index is 0.0930. The minimum Gasteiger partial charge on any atom is -0.396 e. The Hall–Kier alpha value is -1.36. The number of hydrogen-bond donors (Lipinski definition) is 3. The highest BCUT2D eigenvalue weighted by molar-refractivity contribution is 5.46. The average molecular weight is 236 g/mol. The first-order valence-corrected chi connectivity index (χ1v) is 6.11. The SMILES string of the molecule is CCNc1ncc(C)c(NCC2(CO)CC2)n1. The van der Waals surface area contributed by atoms with Crippen molar-refractivity contribution in [3.63, 3.8) is 0 Å². The van der Waals surface area contributed by atoms with Crippen molar-refractivity contribution in [2.75, 3.05) is 30.3 Å². The lowest BCUT2D eigenvalue weighted by atomic mass is 10.1. The molecule has 0 aliphatic heterocycles. The van der Waals surface area contributed by atoms with E-state index in [0.29, 0.717) is 5.95 Å². The Labute approximate surface area is 102 Å². The van der Waals surface area contributed by atoms with Crippen molar-refractivity contribution in [1.82, 2.24) is 9.97 Å². The van der Waals surface area contributed by atoms with Crippen LogP contribution in [0, 0.1) is 12.3 Å². The van der Waals surface area contributed by atoms with E-state index in [4.69, 9.17) is 0 Å². The molecule has 5 heteroatoms. The average Bonchev–Trinajstić information content (AvgIpc) is 3.11. The third kappa shape index (κ3) is 2.85. The topological polar surface area (TPSA) is 70.1 Å². The van der Waals surface area contributed by atoms with Crippen molar-refractivity contribution < 1.29 is 5.11 Å². The number of nitrogens with zero attached hydrogens (tertiary/aromatic N) is 2. The van der Waals surface area contributed by atoms with Gasteiger partial charge in [0, 0.05) is 30.3 Å². The molecule has 0 radical (unpaired) electrons. The van der Waals surface area contributed by atoms with Crippen LogP contribution in [0.15, 0.2) is 6.20 Å². The van der Waals surface area contributed by atoms with E-state index in [1.807, 2.05) is 20.0 Å². The van der Waals surface area contributed by atoms with Crippen LogP contribution in [0.4, 0.5) is 11.8 Å². The van der Waals surface area contributed by atoms with Gasteiger partial charge in [0.1, 0.15) is 5.82 Å². The molecule has 1 fully saturated rings. The second kappa shape index (κ2) is 4.87. The van der Waals surface area contributed by atoms with Crippen LogP contribution >= 0.6 is 0 Å². The van der Waals surface area contributed by atoms with Gasteiger partial charge in [-0.3, -0.25) is 0 Å². The molecule has 17 heavy (non-hydrogen) atoms. The van der Waals surface area contributed by atoms with Gasteiger partial charge in [-0.05, 0) is 26.7 Å². The Morgan fingerprint density at radius 2 is 2.18 bits per heavy atom. The van der Waals surface area contributed by atoms with E-state index in [9.17, 15) is 5.11 Å². The van der Waals surface area contributed by atoms with Crippen LogP contribution in [0.3, 0.4) is 0 Å². The molecule has 2 rings (SSSR count). The predicted molar refractivity (Wildman–Crippen MR) is 68.2 cm³/mol. The zero-order valence-corrected chi connectivity index (χ0v) is 10.5. The summed E-state index contributed by atoms with van der Waals surface area (Å²) in [6.45, 7) is 5.85. The molecule has 5 nitrogen and oxygen atoms in total. The molecule has 0 bridgehead atoms. The molecule has 0 saturated heterocycles. The lowest BCUT2D eigenvalue weighted by Gasteiger charge is -2.15. The van der Waals surface area contributed by atoms with Crippen molar-refractivity contribution in [3.05, 3.63) is 11.8 Å². The first kappa shape index (κ1) is 12.1. The zero-order chi connectivity index (χ0) is 12.3. The fourth-order valence-corrected chi connectivity index (χ4v) is 1.70.